The number of carbonyl (C=O) groups excluding carboxylic acids is 1. The van der Waals surface area contributed by atoms with Crippen LogP contribution in [0.2, 0.25) is 0 Å². The number of benzene rings is 1. The number of aliphatic carboxylic acids is 1. The number of carbonyl (C=O) groups is 2. The Morgan fingerprint density at radius 3 is 2.63 bits per heavy atom. The van der Waals surface area contributed by atoms with Crippen molar-refractivity contribution in [2.75, 3.05) is 5.73 Å². The Labute approximate surface area is 112 Å². The first kappa shape index (κ1) is 15.0. The lowest BCUT2D eigenvalue weighted by molar-refractivity contribution is -0.137. The number of nitrogen functional groups attached to an aromatic ring is 1. The third kappa shape index (κ3) is 4.62. The second-order valence-corrected chi connectivity index (χ2v) is 4.63. The summed E-state index contributed by atoms with van der Waals surface area (Å²) < 4.78 is 0. The molecule has 1 aromatic carbocycles. The van der Waals surface area contributed by atoms with Crippen molar-refractivity contribution < 1.29 is 14.7 Å². The van der Waals surface area contributed by atoms with Crippen LogP contribution in [0, 0.1) is 6.92 Å². The fourth-order valence-electron chi connectivity index (χ4n) is 1.87. The minimum atomic E-state index is -0.910. The van der Waals surface area contributed by atoms with Gasteiger partial charge in [-0.15, -0.1) is 0 Å². The van der Waals surface area contributed by atoms with Gasteiger partial charge in [0.25, 0.3) is 5.91 Å². The van der Waals surface area contributed by atoms with Crippen molar-refractivity contribution in [1.82, 2.24) is 5.32 Å². The maximum atomic E-state index is 12.0. The van der Waals surface area contributed by atoms with Gasteiger partial charge in [0.1, 0.15) is 0 Å². The predicted octanol–water partition coefficient (Wildman–Crippen LogP) is 1.95. The van der Waals surface area contributed by atoms with Gasteiger partial charge in [0.15, 0.2) is 0 Å². The normalized spacial score (nSPS) is 11.9. The van der Waals surface area contributed by atoms with Crippen LogP contribution in [0.25, 0.3) is 0 Å². The van der Waals surface area contributed by atoms with Crippen molar-refractivity contribution in [2.24, 2.45) is 0 Å². The highest BCUT2D eigenvalue weighted by molar-refractivity contribution is 5.95. The number of hydrogen-bond acceptors (Lipinski definition) is 3. The number of rotatable bonds is 6. The zero-order valence-corrected chi connectivity index (χ0v) is 11.3. The van der Waals surface area contributed by atoms with Crippen LogP contribution >= 0.6 is 0 Å². The molecule has 1 amide bonds. The summed E-state index contributed by atoms with van der Waals surface area (Å²) in [7, 11) is 0. The van der Waals surface area contributed by atoms with Crippen LogP contribution in [0.4, 0.5) is 5.69 Å². The van der Waals surface area contributed by atoms with Crippen molar-refractivity contribution in [3.8, 4) is 0 Å². The molecular formula is C14H20N2O3. The summed E-state index contributed by atoms with van der Waals surface area (Å²) in [4.78, 5) is 22.8. The lowest BCUT2D eigenvalue weighted by Gasteiger charge is -2.16. The van der Waals surface area contributed by atoms with Gasteiger partial charge in [-0.2, -0.15) is 0 Å². The SMILES string of the molecule is CCCC(CC(=O)O)NC(=O)c1ccc(N)c(C)c1. The molecule has 0 bridgehead atoms. The van der Waals surface area contributed by atoms with Gasteiger partial charge in [0.2, 0.25) is 0 Å². The molecule has 4 N–H and O–H groups in total. The van der Waals surface area contributed by atoms with Gasteiger partial charge < -0.3 is 16.2 Å². The van der Waals surface area contributed by atoms with E-state index in [9.17, 15) is 9.59 Å². The molecule has 1 unspecified atom stereocenters. The van der Waals surface area contributed by atoms with E-state index in [2.05, 4.69) is 5.32 Å². The van der Waals surface area contributed by atoms with E-state index in [1.54, 1.807) is 18.2 Å². The van der Waals surface area contributed by atoms with E-state index in [0.717, 1.165) is 12.0 Å². The van der Waals surface area contributed by atoms with Crippen molar-refractivity contribution in [3.63, 3.8) is 0 Å². The third-order valence-corrected chi connectivity index (χ3v) is 2.93. The van der Waals surface area contributed by atoms with E-state index >= 15 is 0 Å². The smallest absolute Gasteiger partial charge is 0.305 e. The molecule has 0 aliphatic heterocycles. The Morgan fingerprint density at radius 1 is 1.42 bits per heavy atom. The Morgan fingerprint density at radius 2 is 2.11 bits per heavy atom. The Bertz CT molecular complexity index is 472. The fraction of sp³-hybridized carbons (Fsp3) is 0.429. The van der Waals surface area contributed by atoms with E-state index in [1.165, 1.54) is 0 Å². The Hall–Kier alpha value is -2.04. The van der Waals surface area contributed by atoms with Crippen LogP contribution in [0.1, 0.15) is 42.1 Å². The Balaban J connectivity index is 2.75. The average molecular weight is 264 g/mol. The van der Waals surface area contributed by atoms with Crippen LogP contribution in [0.5, 0.6) is 0 Å². The molecule has 0 saturated heterocycles. The highest BCUT2D eigenvalue weighted by atomic mass is 16.4. The highest BCUT2D eigenvalue weighted by Gasteiger charge is 2.16. The van der Waals surface area contributed by atoms with E-state index in [4.69, 9.17) is 10.8 Å². The molecule has 1 aromatic rings. The number of aryl methyl sites for hydroxylation is 1. The molecule has 104 valence electrons. The maximum absolute atomic E-state index is 12.0. The van der Waals surface area contributed by atoms with Crippen LogP contribution in [0.15, 0.2) is 18.2 Å². The standard InChI is InChI=1S/C14H20N2O3/c1-3-4-11(8-13(17)18)16-14(19)10-5-6-12(15)9(2)7-10/h5-7,11H,3-4,8,15H2,1-2H3,(H,16,19)(H,17,18). The second kappa shape index (κ2) is 6.78. The summed E-state index contributed by atoms with van der Waals surface area (Å²) in [5.74, 6) is -1.17. The first-order valence-electron chi connectivity index (χ1n) is 6.32. The number of nitrogens with one attached hydrogen (secondary N) is 1. The number of anilines is 1. The van der Waals surface area contributed by atoms with Gasteiger partial charge >= 0.3 is 5.97 Å². The monoisotopic (exact) mass is 264 g/mol. The van der Waals surface area contributed by atoms with Crippen LogP contribution < -0.4 is 11.1 Å². The molecule has 0 spiro atoms. The quantitative estimate of drug-likeness (QED) is 0.685. The first-order valence-corrected chi connectivity index (χ1v) is 6.32. The molecule has 0 heterocycles. The summed E-state index contributed by atoms with van der Waals surface area (Å²) in [5.41, 5.74) is 7.66. The van der Waals surface area contributed by atoms with Crippen LogP contribution in [-0.2, 0) is 4.79 Å². The van der Waals surface area contributed by atoms with E-state index in [0.29, 0.717) is 17.7 Å². The number of carboxylic acids is 1. The van der Waals surface area contributed by atoms with E-state index in [1.807, 2.05) is 13.8 Å². The van der Waals surface area contributed by atoms with Crippen molar-refractivity contribution in [1.29, 1.82) is 0 Å². The molecule has 5 nitrogen and oxygen atoms in total. The van der Waals surface area contributed by atoms with Gasteiger partial charge in [-0.05, 0) is 37.1 Å². The minimum absolute atomic E-state index is 0.0620. The van der Waals surface area contributed by atoms with Crippen molar-refractivity contribution >= 4 is 17.6 Å². The molecule has 0 aliphatic carbocycles. The number of hydrogen-bond donors (Lipinski definition) is 3. The molecule has 19 heavy (non-hydrogen) atoms. The lowest BCUT2D eigenvalue weighted by Crippen LogP contribution is -2.36. The van der Waals surface area contributed by atoms with E-state index in [-0.39, 0.29) is 18.4 Å². The molecular weight excluding hydrogens is 244 g/mol. The van der Waals surface area contributed by atoms with Gasteiger partial charge in [0, 0.05) is 17.3 Å². The van der Waals surface area contributed by atoms with Gasteiger partial charge in [0.05, 0.1) is 6.42 Å². The van der Waals surface area contributed by atoms with Crippen molar-refractivity contribution in [2.45, 2.75) is 39.2 Å². The van der Waals surface area contributed by atoms with Gasteiger partial charge in [-0.25, -0.2) is 0 Å². The number of carboxylic acid groups (broad SMARTS) is 1. The number of amides is 1. The topological polar surface area (TPSA) is 92.4 Å². The summed E-state index contributed by atoms with van der Waals surface area (Å²) in [6, 6.07) is 4.68. The summed E-state index contributed by atoms with van der Waals surface area (Å²) in [6.45, 7) is 3.78. The third-order valence-electron chi connectivity index (χ3n) is 2.93. The average Bonchev–Trinajstić information content (AvgIpc) is 2.32. The van der Waals surface area contributed by atoms with Crippen LogP contribution in [-0.4, -0.2) is 23.0 Å². The molecule has 1 rings (SSSR count). The zero-order valence-electron chi connectivity index (χ0n) is 11.3. The second-order valence-electron chi connectivity index (χ2n) is 4.63. The minimum Gasteiger partial charge on any atom is -0.481 e. The van der Waals surface area contributed by atoms with Gasteiger partial charge in [-0.3, -0.25) is 9.59 Å². The van der Waals surface area contributed by atoms with Crippen molar-refractivity contribution in [3.05, 3.63) is 29.3 Å². The number of nitrogens with two attached hydrogens (primary N) is 1. The molecule has 1 atom stereocenters. The van der Waals surface area contributed by atoms with E-state index < -0.39 is 5.97 Å². The highest BCUT2D eigenvalue weighted by Crippen LogP contribution is 2.13. The largest absolute Gasteiger partial charge is 0.481 e. The molecule has 0 aromatic heterocycles. The molecule has 0 saturated carbocycles. The summed E-state index contributed by atoms with van der Waals surface area (Å²) in [6.07, 6.45) is 1.40. The molecule has 0 aliphatic rings. The fourth-order valence-corrected chi connectivity index (χ4v) is 1.87. The first-order chi connectivity index (χ1) is 8.93. The summed E-state index contributed by atoms with van der Waals surface area (Å²) >= 11 is 0. The maximum Gasteiger partial charge on any atom is 0.305 e. The molecule has 0 fully saturated rings. The van der Waals surface area contributed by atoms with Gasteiger partial charge in [-0.1, -0.05) is 13.3 Å². The molecule has 5 heteroatoms. The summed E-state index contributed by atoms with van der Waals surface area (Å²) in [5, 5.41) is 11.6. The van der Waals surface area contributed by atoms with Crippen LogP contribution in [0.3, 0.4) is 0 Å². The molecule has 0 radical (unpaired) electrons. The zero-order chi connectivity index (χ0) is 14.4. The lowest BCUT2D eigenvalue weighted by atomic mass is 10.1. The Kier molecular flexibility index (Phi) is 5.36. The predicted molar refractivity (Wildman–Crippen MR) is 74.0 cm³/mol.